The fraction of sp³-hybridized carbons (Fsp3) is 0.600. The Kier molecular flexibility index (Phi) is 4.22. The molecule has 17 heavy (non-hydrogen) atoms. The minimum Gasteiger partial charge on any atom is -0.394 e. The second-order valence-electron chi connectivity index (χ2n) is 4.24. The van der Waals surface area contributed by atoms with E-state index in [1.165, 1.54) is 0 Å². The summed E-state index contributed by atoms with van der Waals surface area (Å²) in [6.07, 6.45) is 0. The molecular formula is C10H19N5O2. The summed E-state index contributed by atoms with van der Waals surface area (Å²) in [6.45, 7) is 4.81. The van der Waals surface area contributed by atoms with Gasteiger partial charge in [-0.05, 0) is 20.8 Å². The number of aryl methyl sites for hydroxylation is 1. The highest BCUT2D eigenvalue weighted by molar-refractivity contribution is 5.57. The smallest absolute Gasteiger partial charge is 0.148 e. The maximum atomic E-state index is 9.23. The van der Waals surface area contributed by atoms with E-state index < -0.39 is 5.54 Å². The number of aliphatic hydroxyl groups excluding tert-OH is 2. The summed E-state index contributed by atoms with van der Waals surface area (Å²) in [6, 6.07) is 0. The molecule has 0 atom stereocenters. The van der Waals surface area contributed by atoms with Crippen LogP contribution in [0.4, 0.5) is 11.6 Å². The van der Waals surface area contributed by atoms with Crippen molar-refractivity contribution in [3.8, 4) is 0 Å². The first-order chi connectivity index (χ1) is 7.95. The Morgan fingerprint density at radius 1 is 1.18 bits per heavy atom. The maximum absolute atomic E-state index is 9.23. The van der Waals surface area contributed by atoms with Gasteiger partial charge >= 0.3 is 0 Å². The molecular weight excluding hydrogens is 222 g/mol. The number of aromatic nitrogens is 2. The van der Waals surface area contributed by atoms with Gasteiger partial charge in [-0.1, -0.05) is 0 Å². The second-order valence-corrected chi connectivity index (χ2v) is 4.24. The Labute approximate surface area is 100 Å². The van der Waals surface area contributed by atoms with E-state index >= 15 is 0 Å². The van der Waals surface area contributed by atoms with Crippen molar-refractivity contribution in [2.45, 2.75) is 26.3 Å². The SMILES string of the molecule is Cc1nc(NN)c(C)c(NC(C)(CO)CO)n1. The van der Waals surface area contributed by atoms with Gasteiger partial charge in [0.1, 0.15) is 17.5 Å². The molecule has 0 amide bonds. The Morgan fingerprint density at radius 2 is 1.71 bits per heavy atom. The zero-order valence-corrected chi connectivity index (χ0v) is 10.3. The Bertz CT molecular complexity index is 393. The van der Waals surface area contributed by atoms with Gasteiger partial charge in [-0.25, -0.2) is 15.8 Å². The van der Waals surface area contributed by atoms with E-state index in [4.69, 9.17) is 5.84 Å². The van der Waals surface area contributed by atoms with Gasteiger partial charge in [-0.2, -0.15) is 0 Å². The molecule has 0 spiro atoms. The normalized spacial score (nSPS) is 11.4. The predicted octanol–water partition coefficient (Wildman–Crippen LogP) is -0.466. The van der Waals surface area contributed by atoms with Crippen LogP contribution in [0.25, 0.3) is 0 Å². The standard InChI is InChI=1S/C10H19N5O2/c1-6-8(14-10(3,4-16)5-17)12-7(2)13-9(6)15-11/h16-17H,4-5,11H2,1-3H3,(H2,12,13,14,15). The zero-order valence-electron chi connectivity index (χ0n) is 10.3. The van der Waals surface area contributed by atoms with E-state index in [0.29, 0.717) is 17.5 Å². The molecule has 6 N–H and O–H groups in total. The summed E-state index contributed by atoms with van der Waals surface area (Å²) in [5.74, 6) is 6.95. The molecule has 0 aliphatic rings. The number of nitrogens with one attached hydrogen (secondary N) is 2. The first kappa shape index (κ1) is 13.6. The molecule has 7 nitrogen and oxygen atoms in total. The largest absolute Gasteiger partial charge is 0.394 e. The first-order valence-electron chi connectivity index (χ1n) is 5.27. The topological polar surface area (TPSA) is 116 Å². The van der Waals surface area contributed by atoms with Crippen LogP contribution in [-0.2, 0) is 0 Å². The van der Waals surface area contributed by atoms with E-state index in [9.17, 15) is 10.2 Å². The lowest BCUT2D eigenvalue weighted by atomic mass is 10.1. The molecule has 1 aromatic heterocycles. The maximum Gasteiger partial charge on any atom is 0.148 e. The molecule has 7 heteroatoms. The molecule has 0 aliphatic carbocycles. The van der Waals surface area contributed by atoms with Crippen LogP contribution in [0.5, 0.6) is 0 Å². The van der Waals surface area contributed by atoms with Crippen LogP contribution in [0.1, 0.15) is 18.3 Å². The monoisotopic (exact) mass is 241 g/mol. The lowest BCUT2D eigenvalue weighted by Gasteiger charge is -2.28. The Balaban J connectivity index is 3.10. The number of nitrogen functional groups attached to an aromatic ring is 1. The van der Waals surface area contributed by atoms with Crippen molar-refractivity contribution in [1.29, 1.82) is 0 Å². The van der Waals surface area contributed by atoms with Crippen LogP contribution in [0.2, 0.25) is 0 Å². The molecule has 96 valence electrons. The molecule has 0 saturated carbocycles. The molecule has 0 aliphatic heterocycles. The number of anilines is 2. The fourth-order valence-corrected chi connectivity index (χ4v) is 1.31. The van der Waals surface area contributed by atoms with Crippen molar-refractivity contribution < 1.29 is 10.2 Å². The van der Waals surface area contributed by atoms with Crippen molar-refractivity contribution in [3.63, 3.8) is 0 Å². The molecule has 0 unspecified atom stereocenters. The van der Waals surface area contributed by atoms with E-state index in [1.54, 1.807) is 20.8 Å². The van der Waals surface area contributed by atoms with Gasteiger partial charge in [0.2, 0.25) is 0 Å². The minimum absolute atomic E-state index is 0.211. The van der Waals surface area contributed by atoms with Gasteiger partial charge in [0.05, 0.1) is 18.8 Å². The fourth-order valence-electron chi connectivity index (χ4n) is 1.31. The summed E-state index contributed by atoms with van der Waals surface area (Å²) >= 11 is 0. The summed E-state index contributed by atoms with van der Waals surface area (Å²) < 4.78 is 0. The van der Waals surface area contributed by atoms with Gasteiger partial charge in [0.25, 0.3) is 0 Å². The van der Waals surface area contributed by atoms with Crippen molar-refractivity contribution in [1.82, 2.24) is 9.97 Å². The Morgan fingerprint density at radius 3 is 2.18 bits per heavy atom. The second kappa shape index (κ2) is 5.26. The molecule has 1 aromatic rings. The number of nitrogens with two attached hydrogens (primary N) is 1. The van der Waals surface area contributed by atoms with Gasteiger partial charge in [0, 0.05) is 5.56 Å². The Hall–Kier alpha value is -1.44. The summed E-state index contributed by atoms with van der Waals surface area (Å²) in [7, 11) is 0. The van der Waals surface area contributed by atoms with Crippen molar-refractivity contribution >= 4 is 11.6 Å². The highest BCUT2D eigenvalue weighted by atomic mass is 16.3. The molecule has 0 fully saturated rings. The van der Waals surface area contributed by atoms with Gasteiger partial charge in [-0.3, -0.25) is 0 Å². The van der Waals surface area contributed by atoms with Crippen LogP contribution < -0.4 is 16.6 Å². The average Bonchev–Trinajstić information content (AvgIpc) is 2.33. The van der Waals surface area contributed by atoms with Gasteiger partial charge < -0.3 is 21.0 Å². The van der Waals surface area contributed by atoms with Crippen molar-refractivity contribution in [3.05, 3.63) is 11.4 Å². The summed E-state index contributed by atoms with van der Waals surface area (Å²) in [5.41, 5.74) is 2.37. The quantitative estimate of drug-likeness (QED) is 0.349. The lowest BCUT2D eigenvalue weighted by Crippen LogP contribution is -2.43. The number of hydrogen-bond donors (Lipinski definition) is 5. The highest BCUT2D eigenvalue weighted by Crippen LogP contribution is 2.22. The van der Waals surface area contributed by atoms with Crippen LogP contribution in [0, 0.1) is 13.8 Å². The van der Waals surface area contributed by atoms with E-state index in [2.05, 4.69) is 20.7 Å². The lowest BCUT2D eigenvalue weighted by molar-refractivity contribution is 0.147. The average molecular weight is 241 g/mol. The molecule has 1 heterocycles. The van der Waals surface area contributed by atoms with Gasteiger partial charge in [0.15, 0.2) is 0 Å². The van der Waals surface area contributed by atoms with Crippen LogP contribution >= 0.6 is 0 Å². The molecule has 0 aromatic carbocycles. The summed E-state index contributed by atoms with van der Waals surface area (Å²) in [5, 5.41) is 21.4. The van der Waals surface area contributed by atoms with Gasteiger partial charge in [-0.15, -0.1) is 0 Å². The van der Waals surface area contributed by atoms with E-state index in [1.807, 2.05) is 0 Å². The minimum atomic E-state index is -0.836. The number of nitrogens with zero attached hydrogens (tertiary/aromatic N) is 2. The van der Waals surface area contributed by atoms with Crippen LogP contribution in [0.15, 0.2) is 0 Å². The van der Waals surface area contributed by atoms with E-state index in [0.717, 1.165) is 5.56 Å². The molecule has 0 bridgehead atoms. The highest BCUT2D eigenvalue weighted by Gasteiger charge is 2.24. The molecule has 0 saturated heterocycles. The third kappa shape index (κ3) is 3.02. The van der Waals surface area contributed by atoms with E-state index in [-0.39, 0.29) is 13.2 Å². The third-order valence-corrected chi connectivity index (χ3v) is 2.51. The number of aliphatic hydroxyl groups is 2. The number of hydrogen-bond acceptors (Lipinski definition) is 7. The van der Waals surface area contributed by atoms with Crippen molar-refractivity contribution in [2.24, 2.45) is 5.84 Å². The first-order valence-corrected chi connectivity index (χ1v) is 5.27. The number of hydrazine groups is 1. The number of rotatable bonds is 5. The molecule has 1 rings (SSSR count). The van der Waals surface area contributed by atoms with Crippen LogP contribution in [-0.4, -0.2) is 38.9 Å². The zero-order chi connectivity index (χ0) is 13.1. The predicted molar refractivity (Wildman–Crippen MR) is 65.5 cm³/mol. The van der Waals surface area contributed by atoms with Crippen LogP contribution in [0.3, 0.4) is 0 Å². The van der Waals surface area contributed by atoms with Crippen molar-refractivity contribution in [2.75, 3.05) is 24.0 Å². The molecule has 0 radical (unpaired) electrons. The summed E-state index contributed by atoms with van der Waals surface area (Å²) in [4.78, 5) is 8.34. The third-order valence-electron chi connectivity index (χ3n) is 2.51.